The molecule has 1 fully saturated rings. The van der Waals surface area contributed by atoms with Gasteiger partial charge >= 0.3 is 0 Å². The van der Waals surface area contributed by atoms with Crippen LogP contribution in [-0.2, 0) is 9.53 Å². The average Bonchev–Trinajstić information content (AvgIpc) is 3.08. The van der Waals surface area contributed by atoms with Crippen molar-refractivity contribution in [3.8, 4) is 0 Å². The molecule has 1 N–H and O–H groups in total. The second-order valence-electron chi connectivity index (χ2n) is 4.93. The van der Waals surface area contributed by atoms with E-state index in [4.69, 9.17) is 4.74 Å². The fourth-order valence-electron chi connectivity index (χ4n) is 1.83. The molecule has 1 aliphatic carbocycles. The fourth-order valence-corrected chi connectivity index (χ4v) is 1.83. The van der Waals surface area contributed by atoms with Gasteiger partial charge in [0.05, 0.1) is 0 Å². The van der Waals surface area contributed by atoms with E-state index < -0.39 is 0 Å². The third-order valence-corrected chi connectivity index (χ3v) is 2.89. The first-order valence-corrected chi connectivity index (χ1v) is 6.75. The summed E-state index contributed by atoms with van der Waals surface area (Å²) in [6.07, 6.45) is 3.29. The Labute approximate surface area is 105 Å². The maximum Gasteiger partial charge on any atom is 0.248 e. The summed E-state index contributed by atoms with van der Waals surface area (Å²) in [6, 6.07) is 1.01. The lowest BCUT2D eigenvalue weighted by Crippen LogP contribution is -2.35. The van der Waals surface area contributed by atoms with E-state index in [1.54, 1.807) is 0 Å². The molecule has 0 radical (unpaired) electrons. The Balaban J connectivity index is 1.99. The van der Waals surface area contributed by atoms with Crippen LogP contribution >= 0.6 is 0 Å². The number of carbonyl (C=O) groups is 1. The van der Waals surface area contributed by atoms with Crippen LogP contribution in [0, 0.1) is 0 Å². The van der Waals surface area contributed by atoms with Crippen LogP contribution in [0.5, 0.6) is 0 Å². The SMILES string of the molecule is CCN(C(=O)COCCCNC(C)C)C1CC1. The normalized spacial score (nSPS) is 15.3. The second kappa shape index (κ2) is 7.67. The summed E-state index contributed by atoms with van der Waals surface area (Å²) in [4.78, 5) is 13.7. The summed E-state index contributed by atoms with van der Waals surface area (Å²) >= 11 is 0. The van der Waals surface area contributed by atoms with Gasteiger partial charge in [0, 0.05) is 25.2 Å². The van der Waals surface area contributed by atoms with Gasteiger partial charge in [-0.2, -0.15) is 0 Å². The van der Waals surface area contributed by atoms with Gasteiger partial charge < -0.3 is 15.0 Å². The van der Waals surface area contributed by atoms with Gasteiger partial charge in [0.15, 0.2) is 0 Å². The molecule has 0 bridgehead atoms. The first-order valence-electron chi connectivity index (χ1n) is 6.75. The van der Waals surface area contributed by atoms with Crippen LogP contribution in [0.2, 0.25) is 0 Å². The van der Waals surface area contributed by atoms with E-state index in [2.05, 4.69) is 19.2 Å². The number of likely N-dealkylation sites (N-methyl/N-ethyl adjacent to an activating group) is 1. The van der Waals surface area contributed by atoms with E-state index in [0.717, 1.165) is 32.4 Å². The lowest BCUT2D eigenvalue weighted by atomic mass is 10.3. The van der Waals surface area contributed by atoms with Crippen LogP contribution in [0.25, 0.3) is 0 Å². The van der Waals surface area contributed by atoms with Gasteiger partial charge in [-0.3, -0.25) is 4.79 Å². The van der Waals surface area contributed by atoms with Crippen molar-refractivity contribution in [1.82, 2.24) is 10.2 Å². The molecule has 4 nitrogen and oxygen atoms in total. The number of hydrogen-bond donors (Lipinski definition) is 1. The molecule has 0 atom stereocenters. The summed E-state index contributed by atoms with van der Waals surface area (Å²) in [5, 5.41) is 3.32. The molecule has 0 unspecified atom stereocenters. The molecule has 0 spiro atoms. The van der Waals surface area contributed by atoms with Crippen molar-refractivity contribution < 1.29 is 9.53 Å². The molecule has 1 saturated carbocycles. The first-order chi connectivity index (χ1) is 8.15. The quantitative estimate of drug-likeness (QED) is 0.621. The first kappa shape index (κ1) is 14.5. The molecule has 0 saturated heterocycles. The zero-order valence-electron chi connectivity index (χ0n) is 11.4. The molecule has 100 valence electrons. The van der Waals surface area contributed by atoms with Crippen molar-refractivity contribution >= 4 is 5.91 Å². The van der Waals surface area contributed by atoms with Gasteiger partial charge in [-0.25, -0.2) is 0 Å². The van der Waals surface area contributed by atoms with Crippen molar-refractivity contribution in [2.45, 2.75) is 52.1 Å². The Bertz CT molecular complexity index is 227. The van der Waals surface area contributed by atoms with Gasteiger partial charge in [0.1, 0.15) is 6.61 Å². The Hall–Kier alpha value is -0.610. The van der Waals surface area contributed by atoms with Gasteiger partial charge in [-0.05, 0) is 32.7 Å². The highest BCUT2D eigenvalue weighted by molar-refractivity contribution is 5.78. The van der Waals surface area contributed by atoms with Gasteiger partial charge in [-0.15, -0.1) is 0 Å². The molecule has 4 heteroatoms. The molecule has 0 aromatic rings. The lowest BCUT2D eigenvalue weighted by Gasteiger charge is -2.20. The molecule has 0 aromatic carbocycles. The van der Waals surface area contributed by atoms with Crippen molar-refractivity contribution in [2.75, 3.05) is 26.3 Å². The standard InChI is InChI=1S/C13H26N2O2/c1-4-15(12-6-7-12)13(16)10-17-9-5-8-14-11(2)3/h11-12,14H,4-10H2,1-3H3. The maximum atomic E-state index is 11.8. The number of nitrogens with zero attached hydrogens (tertiary/aromatic N) is 1. The van der Waals surface area contributed by atoms with Crippen molar-refractivity contribution in [3.05, 3.63) is 0 Å². The smallest absolute Gasteiger partial charge is 0.248 e. The van der Waals surface area contributed by atoms with E-state index in [-0.39, 0.29) is 12.5 Å². The molecule has 0 heterocycles. The van der Waals surface area contributed by atoms with Crippen LogP contribution in [0.15, 0.2) is 0 Å². The zero-order valence-corrected chi connectivity index (χ0v) is 11.4. The number of amides is 1. The molecular weight excluding hydrogens is 216 g/mol. The Morgan fingerprint density at radius 2 is 2.18 bits per heavy atom. The summed E-state index contributed by atoms with van der Waals surface area (Å²) < 4.78 is 5.41. The average molecular weight is 242 g/mol. The number of nitrogens with one attached hydrogen (secondary N) is 1. The van der Waals surface area contributed by atoms with E-state index >= 15 is 0 Å². The molecule has 17 heavy (non-hydrogen) atoms. The number of carbonyl (C=O) groups excluding carboxylic acids is 1. The Morgan fingerprint density at radius 1 is 1.47 bits per heavy atom. The van der Waals surface area contributed by atoms with E-state index in [9.17, 15) is 4.79 Å². The Kier molecular flexibility index (Phi) is 6.52. The van der Waals surface area contributed by atoms with Crippen LogP contribution in [-0.4, -0.2) is 49.2 Å². The number of ether oxygens (including phenoxy) is 1. The zero-order chi connectivity index (χ0) is 12.7. The lowest BCUT2D eigenvalue weighted by molar-refractivity contribution is -0.136. The van der Waals surface area contributed by atoms with Crippen molar-refractivity contribution in [1.29, 1.82) is 0 Å². The van der Waals surface area contributed by atoms with Gasteiger partial charge in [-0.1, -0.05) is 13.8 Å². The Morgan fingerprint density at radius 3 is 2.71 bits per heavy atom. The van der Waals surface area contributed by atoms with Gasteiger partial charge in [0.2, 0.25) is 5.91 Å². The third-order valence-electron chi connectivity index (χ3n) is 2.89. The van der Waals surface area contributed by atoms with E-state index in [1.165, 1.54) is 0 Å². The molecular formula is C13H26N2O2. The molecule has 0 aromatic heterocycles. The predicted octanol–water partition coefficient (Wildman–Crippen LogP) is 1.40. The number of rotatable bonds is 9. The second-order valence-corrected chi connectivity index (χ2v) is 4.93. The topological polar surface area (TPSA) is 41.6 Å². The highest BCUT2D eigenvalue weighted by atomic mass is 16.5. The van der Waals surface area contributed by atoms with Crippen molar-refractivity contribution in [2.24, 2.45) is 0 Å². The van der Waals surface area contributed by atoms with Crippen LogP contribution in [0.3, 0.4) is 0 Å². The largest absolute Gasteiger partial charge is 0.372 e. The third kappa shape index (κ3) is 6.03. The summed E-state index contributed by atoms with van der Waals surface area (Å²) in [6.45, 7) is 8.94. The van der Waals surface area contributed by atoms with Crippen molar-refractivity contribution in [3.63, 3.8) is 0 Å². The minimum atomic E-state index is 0.145. The molecule has 1 rings (SSSR count). The minimum Gasteiger partial charge on any atom is -0.372 e. The summed E-state index contributed by atoms with van der Waals surface area (Å²) in [7, 11) is 0. The summed E-state index contributed by atoms with van der Waals surface area (Å²) in [5.41, 5.74) is 0. The molecule has 1 amide bonds. The summed E-state index contributed by atoms with van der Waals surface area (Å²) in [5.74, 6) is 0.145. The van der Waals surface area contributed by atoms with Gasteiger partial charge in [0.25, 0.3) is 0 Å². The molecule has 1 aliphatic rings. The molecule has 0 aliphatic heterocycles. The monoisotopic (exact) mass is 242 g/mol. The van der Waals surface area contributed by atoms with Crippen LogP contribution < -0.4 is 5.32 Å². The predicted molar refractivity (Wildman–Crippen MR) is 69.0 cm³/mol. The highest BCUT2D eigenvalue weighted by Gasteiger charge is 2.30. The van der Waals surface area contributed by atoms with E-state index in [0.29, 0.717) is 18.7 Å². The van der Waals surface area contributed by atoms with E-state index in [1.807, 2.05) is 11.8 Å². The fraction of sp³-hybridized carbons (Fsp3) is 0.923. The van der Waals surface area contributed by atoms with Crippen LogP contribution in [0.1, 0.15) is 40.0 Å². The van der Waals surface area contributed by atoms with Crippen LogP contribution in [0.4, 0.5) is 0 Å². The highest BCUT2D eigenvalue weighted by Crippen LogP contribution is 2.26. The minimum absolute atomic E-state index is 0.145. The maximum absolute atomic E-state index is 11.8. The number of hydrogen-bond acceptors (Lipinski definition) is 3.